The maximum absolute atomic E-state index is 12.3. The lowest BCUT2D eigenvalue weighted by Crippen LogP contribution is -2.07. The number of carbonyl (C=O) groups excluding carboxylic acids is 1. The number of carbonyl (C=O) groups is 1. The van der Waals surface area contributed by atoms with Gasteiger partial charge in [-0.15, -0.1) is 0 Å². The summed E-state index contributed by atoms with van der Waals surface area (Å²) in [5.41, 5.74) is 5.09. The largest absolute Gasteiger partial charge is 0.436 e. The molecule has 6 heteroatoms. The molecule has 1 heterocycles. The number of amides is 1. The summed E-state index contributed by atoms with van der Waals surface area (Å²) in [4.78, 5) is 16.9. The minimum Gasteiger partial charge on any atom is -0.436 e. The zero-order valence-electron chi connectivity index (χ0n) is 17.7. The molecule has 4 nitrogen and oxygen atoms in total. The van der Waals surface area contributed by atoms with E-state index in [0.29, 0.717) is 33.1 Å². The van der Waals surface area contributed by atoms with Gasteiger partial charge in [-0.25, -0.2) is 4.98 Å². The van der Waals surface area contributed by atoms with Crippen molar-refractivity contribution in [2.24, 2.45) is 0 Å². The van der Waals surface area contributed by atoms with E-state index in [9.17, 15) is 4.79 Å². The molecule has 1 aromatic heterocycles. The van der Waals surface area contributed by atoms with E-state index in [1.54, 1.807) is 24.3 Å². The number of nitrogens with one attached hydrogen (secondary N) is 1. The lowest BCUT2D eigenvalue weighted by atomic mass is 9.98. The fraction of sp³-hybridized carbons (Fsp3) is 0.154. The van der Waals surface area contributed by atoms with Crippen molar-refractivity contribution in [2.45, 2.75) is 26.2 Å². The Morgan fingerprint density at radius 2 is 1.88 bits per heavy atom. The van der Waals surface area contributed by atoms with E-state index in [2.05, 4.69) is 36.3 Å². The van der Waals surface area contributed by atoms with Gasteiger partial charge in [0.2, 0.25) is 11.8 Å². The van der Waals surface area contributed by atoms with E-state index in [0.717, 1.165) is 23.1 Å². The molecule has 1 amide bonds. The highest BCUT2D eigenvalue weighted by Crippen LogP contribution is 2.28. The lowest BCUT2D eigenvalue weighted by molar-refractivity contribution is -0.111. The van der Waals surface area contributed by atoms with Crippen molar-refractivity contribution in [3.05, 3.63) is 87.9 Å². The zero-order chi connectivity index (χ0) is 22.7. The van der Waals surface area contributed by atoms with Crippen molar-refractivity contribution in [3.63, 3.8) is 0 Å². The third kappa shape index (κ3) is 5.04. The molecule has 0 fully saturated rings. The second-order valence-electron chi connectivity index (χ2n) is 7.62. The van der Waals surface area contributed by atoms with Crippen molar-refractivity contribution < 1.29 is 9.21 Å². The number of benzene rings is 3. The van der Waals surface area contributed by atoms with E-state index in [1.807, 2.05) is 30.3 Å². The summed E-state index contributed by atoms with van der Waals surface area (Å²) < 4.78 is 5.92. The van der Waals surface area contributed by atoms with Gasteiger partial charge in [-0.2, -0.15) is 0 Å². The van der Waals surface area contributed by atoms with Crippen molar-refractivity contribution >= 4 is 52.0 Å². The van der Waals surface area contributed by atoms with Gasteiger partial charge in [0.25, 0.3) is 0 Å². The van der Waals surface area contributed by atoms with E-state index in [1.165, 1.54) is 11.6 Å². The standard InChI is InChI=1S/C26H22Cl2N2O2/c1-3-16(2)19-7-12-24-23(14-19)30-26(32-24)18-5-10-21(11-6-18)29-25(31)13-8-17-4-9-20(27)15-22(17)28/h4-16H,3H2,1-2H3,(H,29,31). The molecule has 0 spiro atoms. The van der Waals surface area contributed by atoms with Gasteiger partial charge in [-0.05, 0) is 78.1 Å². The van der Waals surface area contributed by atoms with Crippen molar-refractivity contribution in [3.8, 4) is 11.5 Å². The van der Waals surface area contributed by atoms with E-state index in [-0.39, 0.29) is 5.91 Å². The number of halogens is 2. The molecule has 162 valence electrons. The van der Waals surface area contributed by atoms with Crippen LogP contribution in [0.2, 0.25) is 10.0 Å². The number of nitrogens with zero attached hydrogens (tertiary/aromatic N) is 1. The summed E-state index contributed by atoms with van der Waals surface area (Å²) in [7, 11) is 0. The van der Waals surface area contributed by atoms with Crippen LogP contribution in [0.15, 0.2) is 71.2 Å². The Labute approximate surface area is 196 Å². The van der Waals surface area contributed by atoms with Gasteiger partial charge in [-0.1, -0.05) is 49.2 Å². The third-order valence-electron chi connectivity index (χ3n) is 5.37. The van der Waals surface area contributed by atoms with Gasteiger partial charge >= 0.3 is 0 Å². The summed E-state index contributed by atoms with van der Waals surface area (Å²) in [5, 5.41) is 3.86. The van der Waals surface area contributed by atoms with Crippen LogP contribution in [0.25, 0.3) is 28.6 Å². The number of hydrogen-bond acceptors (Lipinski definition) is 3. The molecule has 0 saturated carbocycles. The van der Waals surface area contributed by atoms with Gasteiger partial charge in [0.1, 0.15) is 5.52 Å². The molecule has 4 rings (SSSR count). The summed E-state index contributed by atoms with van der Waals surface area (Å²) >= 11 is 12.0. The molecule has 0 aliphatic carbocycles. The van der Waals surface area contributed by atoms with Crippen molar-refractivity contribution in [2.75, 3.05) is 5.32 Å². The monoisotopic (exact) mass is 464 g/mol. The Balaban J connectivity index is 1.45. The van der Waals surface area contributed by atoms with Crippen molar-refractivity contribution in [1.29, 1.82) is 0 Å². The summed E-state index contributed by atoms with van der Waals surface area (Å²) in [6.07, 6.45) is 4.15. The third-order valence-corrected chi connectivity index (χ3v) is 5.93. The molecule has 1 N–H and O–H groups in total. The highest BCUT2D eigenvalue weighted by Gasteiger charge is 2.11. The Bertz CT molecular complexity index is 1290. The van der Waals surface area contributed by atoms with Gasteiger partial charge in [0.15, 0.2) is 5.58 Å². The van der Waals surface area contributed by atoms with Crippen LogP contribution in [0, 0.1) is 0 Å². The van der Waals surface area contributed by atoms with Crippen LogP contribution in [0.3, 0.4) is 0 Å². The Morgan fingerprint density at radius 1 is 1.09 bits per heavy atom. The van der Waals surface area contributed by atoms with Crippen LogP contribution in [0.4, 0.5) is 5.69 Å². The quantitative estimate of drug-likeness (QED) is 0.294. The molecule has 0 saturated heterocycles. The van der Waals surface area contributed by atoms with E-state index >= 15 is 0 Å². The minimum atomic E-state index is -0.261. The zero-order valence-corrected chi connectivity index (χ0v) is 19.2. The Morgan fingerprint density at radius 3 is 2.59 bits per heavy atom. The predicted molar refractivity (Wildman–Crippen MR) is 132 cm³/mol. The molecule has 0 aliphatic heterocycles. The topological polar surface area (TPSA) is 55.1 Å². The highest BCUT2D eigenvalue weighted by atomic mass is 35.5. The highest BCUT2D eigenvalue weighted by molar-refractivity contribution is 6.35. The summed E-state index contributed by atoms with van der Waals surface area (Å²) in [6, 6.07) is 18.6. The molecular weight excluding hydrogens is 443 g/mol. The van der Waals surface area contributed by atoms with Crippen LogP contribution >= 0.6 is 23.2 Å². The second kappa shape index (κ2) is 9.60. The van der Waals surface area contributed by atoms with Crippen LogP contribution in [0.5, 0.6) is 0 Å². The van der Waals surface area contributed by atoms with E-state index in [4.69, 9.17) is 27.6 Å². The molecule has 1 atom stereocenters. The summed E-state index contributed by atoms with van der Waals surface area (Å²) in [6.45, 7) is 4.38. The fourth-order valence-corrected chi connectivity index (χ4v) is 3.76. The Kier molecular flexibility index (Phi) is 6.63. The van der Waals surface area contributed by atoms with E-state index < -0.39 is 0 Å². The minimum absolute atomic E-state index is 0.261. The first-order chi connectivity index (χ1) is 15.4. The van der Waals surface area contributed by atoms with Gasteiger partial charge in [-0.3, -0.25) is 4.79 Å². The molecule has 32 heavy (non-hydrogen) atoms. The molecule has 4 aromatic rings. The normalized spacial score (nSPS) is 12.4. The van der Waals surface area contributed by atoms with Crippen LogP contribution in [-0.2, 0) is 4.79 Å². The second-order valence-corrected chi connectivity index (χ2v) is 8.46. The molecule has 0 radical (unpaired) electrons. The number of anilines is 1. The molecular formula is C26H22Cl2N2O2. The smallest absolute Gasteiger partial charge is 0.248 e. The molecule has 1 unspecified atom stereocenters. The number of hydrogen-bond donors (Lipinski definition) is 1. The SMILES string of the molecule is CCC(C)c1ccc2oc(-c3ccc(NC(=O)C=Cc4ccc(Cl)cc4Cl)cc3)nc2c1. The number of oxazole rings is 1. The van der Waals surface area contributed by atoms with Gasteiger partial charge in [0.05, 0.1) is 0 Å². The van der Waals surface area contributed by atoms with Crippen LogP contribution < -0.4 is 5.32 Å². The first-order valence-electron chi connectivity index (χ1n) is 10.4. The number of rotatable bonds is 6. The van der Waals surface area contributed by atoms with Gasteiger partial charge in [0, 0.05) is 27.4 Å². The molecule has 0 bridgehead atoms. The lowest BCUT2D eigenvalue weighted by Gasteiger charge is -2.07. The van der Waals surface area contributed by atoms with Gasteiger partial charge < -0.3 is 9.73 Å². The number of aromatic nitrogens is 1. The summed E-state index contributed by atoms with van der Waals surface area (Å²) in [5.74, 6) is 0.770. The average molecular weight is 465 g/mol. The maximum atomic E-state index is 12.3. The predicted octanol–water partition coefficient (Wildman–Crippen LogP) is 7.97. The maximum Gasteiger partial charge on any atom is 0.248 e. The van der Waals surface area contributed by atoms with Crippen molar-refractivity contribution in [1.82, 2.24) is 4.98 Å². The van der Waals surface area contributed by atoms with Crippen LogP contribution in [0.1, 0.15) is 37.3 Å². The molecule has 3 aromatic carbocycles. The first kappa shape index (κ1) is 22.1. The number of fused-ring (bicyclic) bond motifs is 1. The van der Waals surface area contributed by atoms with Crippen LogP contribution in [-0.4, -0.2) is 10.9 Å². The average Bonchev–Trinajstić information content (AvgIpc) is 3.22. The Hall–Kier alpha value is -3.08. The molecule has 0 aliphatic rings. The first-order valence-corrected chi connectivity index (χ1v) is 11.1. The fourth-order valence-electron chi connectivity index (χ4n) is 3.29.